The lowest BCUT2D eigenvalue weighted by Gasteiger charge is -2.23. The number of aromatic nitrogens is 1. The maximum Gasteiger partial charge on any atom is 0.138 e. The molecule has 0 saturated carbocycles. The molecular formula is C14H24N2O2. The number of hydrogen-bond acceptors (Lipinski definition) is 4. The van der Waals surface area contributed by atoms with Crippen LogP contribution in [0.25, 0.3) is 0 Å². The van der Waals surface area contributed by atoms with Crippen LogP contribution in [0, 0.1) is 0 Å². The van der Waals surface area contributed by atoms with Crippen LogP contribution in [0.1, 0.15) is 45.7 Å². The molecule has 0 aliphatic rings. The molecule has 0 aliphatic carbocycles. The van der Waals surface area contributed by atoms with E-state index >= 15 is 0 Å². The largest absolute Gasteiger partial charge is 0.489 e. The lowest BCUT2D eigenvalue weighted by atomic mass is 10.0. The normalized spacial score (nSPS) is 14.6. The standard InChI is InChI=1S/C14H24N2O2/c1-5-13(17-6-2)14(15)11-7-12(9-16-8-11)18-10(3)4/h7-10,13-14H,5-6,15H2,1-4H3. The molecule has 1 aromatic rings. The molecule has 4 nitrogen and oxygen atoms in total. The van der Waals surface area contributed by atoms with E-state index in [0.717, 1.165) is 17.7 Å². The fourth-order valence-corrected chi connectivity index (χ4v) is 1.86. The minimum absolute atomic E-state index is 0.0195. The molecule has 1 heterocycles. The third-order valence-corrected chi connectivity index (χ3v) is 2.67. The van der Waals surface area contributed by atoms with Crippen LogP contribution in [0.5, 0.6) is 5.75 Å². The first-order valence-electron chi connectivity index (χ1n) is 6.57. The van der Waals surface area contributed by atoms with Crippen LogP contribution in [-0.2, 0) is 4.74 Å². The van der Waals surface area contributed by atoms with E-state index in [0.29, 0.717) is 6.61 Å². The molecule has 0 fully saturated rings. The Bertz CT molecular complexity index is 355. The molecule has 2 N–H and O–H groups in total. The average Bonchev–Trinajstić information content (AvgIpc) is 2.34. The van der Waals surface area contributed by atoms with E-state index in [-0.39, 0.29) is 18.2 Å². The molecule has 2 atom stereocenters. The Hall–Kier alpha value is -1.13. The molecule has 0 aliphatic heterocycles. The SMILES string of the molecule is CCOC(CC)C(N)c1cncc(OC(C)C)c1. The third kappa shape index (κ3) is 4.27. The van der Waals surface area contributed by atoms with Gasteiger partial charge in [-0.05, 0) is 38.8 Å². The van der Waals surface area contributed by atoms with E-state index in [4.69, 9.17) is 15.2 Å². The maximum absolute atomic E-state index is 6.21. The predicted octanol–water partition coefficient (Wildman–Crippen LogP) is 2.68. The van der Waals surface area contributed by atoms with Crippen LogP contribution >= 0.6 is 0 Å². The Morgan fingerprint density at radius 1 is 1.28 bits per heavy atom. The van der Waals surface area contributed by atoms with Crippen molar-refractivity contribution in [2.75, 3.05) is 6.61 Å². The van der Waals surface area contributed by atoms with Crippen LogP contribution in [0.15, 0.2) is 18.5 Å². The number of rotatable bonds is 7. The van der Waals surface area contributed by atoms with Crippen LogP contribution in [0.2, 0.25) is 0 Å². The molecule has 4 heteroatoms. The molecule has 1 rings (SSSR count). The van der Waals surface area contributed by atoms with Crippen LogP contribution in [-0.4, -0.2) is 23.8 Å². The van der Waals surface area contributed by atoms with Gasteiger partial charge in [0.05, 0.1) is 24.4 Å². The van der Waals surface area contributed by atoms with E-state index in [1.165, 1.54) is 0 Å². The van der Waals surface area contributed by atoms with E-state index in [1.54, 1.807) is 12.4 Å². The van der Waals surface area contributed by atoms with Gasteiger partial charge in [-0.2, -0.15) is 0 Å². The highest BCUT2D eigenvalue weighted by atomic mass is 16.5. The second-order valence-corrected chi connectivity index (χ2v) is 4.55. The first-order chi connectivity index (χ1) is 8.58. The molecule has 18 heavy (non-hydrogen) atoms. The minimum Gasteiger partial charge on any atom is -0.489 e. The molecule has 0 amide bonds. The van der Waals surface area contributed by atoms with Gasteiger partial charge in [0.2, 0.25) is 0 Å². The number of nitrogens with zero attached hydrogens (tertiary/aromatic N) is 1. The molecule has 0 bridgehead atoms. The Morgan fingerprint density at radius 2 is 2.00 bits per heavy atom. The summed E-state index contributed by atoms with van der Waals surface area (Å²) in [5.74, 6) is 0.754. The van der Waals surface area contributed by atoms with Gasteiger partial charge in [-0.3, -0.25) is 4.98 Å². The van der Waals surface area contributed by atoms with Crippen LogP contribution in [0.4, 0.5) is 0 Å². The van der Waals surface area contributed by atoms with Crippen molar-refractivity contribution in [1.29, 1.82) is 0 Å². The van der Waals surface area contributed by atoms with E-state index in [1.807, 2.05) is 26.8 Å². The highest BCUT2D eigenvalue weighted by Crippen LogP contribution is 2.22. The van der Waals surface area contributed by atoms with Crippen molar-refractivity contribution in [2.24, 2.45) is 5.73 Å². The third-order valence-electron chi connectivity index (χ3n) is 2.67. The fourth-order valence-electron chi connectivity index (χ4n) is 1.86. The van der Waals surface area contributed by atoms with E-state index in [2.05, 4.69) is 11.9 Å². The van der Waals surface area contributed by atoms with Gasteiger partial charge in [-0.15, -0.1) is 0 Å². The monoisotopic (exact) mass is 252 g/mol. The van der Waals surface area contributed by atoms with Crippen molar-refractivity contribution in [1.82, 2.24) is 4.98 Å². The minimum atomic E-state index is -0.168. The Morgan fingerprint density at radius 3 is 2.56 bits per heavy atom. The zero-order chi connectivity index (χ0) is 13.5. The summed E-state index contributed by atoms with van der Waals surface area (Å²) in [6.07, 6.45) is 4.51. The number of ether oxygens (including phenoxy) is 2. The van der Waals surface area contributed by atoms with Crippen LogP contribution < -0.4 is 10.5 Å². The molecule has 1 aromatic heterocycles. The fraction of sp³-hybridized carbons (Fsp3) is 0.643. The zero-order valence-electron chi connectivity index (χ0n) is 11.7. The Balaban J connectivity index is 2.81. The number of pyridine rings is 1. The maximum atomic E-state index is 6.21. The molecule has 0 radical (unpaired) electrons. The highest BCUT2D eigenvalue weighted by molar-refractivity contribution is 5.26. The second-order valence-electron chi connectivity index (χ2n) is 4.55. The smallest absolute Gasteiger partial charge is 0.138 e. The summed E-state index contributed by atoms with van der Waals surface area (Å²) in [5.41, 5.74) is 7.17. The summed E-state index contributed by atoms with van der Waals surface area (Å²) in [4.78, 5) is 4.18. The first-order valence-corrected chi connectivity index (χ1v) is 6.57. The van der Waals surface area contributed by atoms with Crippen molar-refractivity contribution in [2.45, 2.75) is 52.4 Å². The molecule has 0 spiro atoms. The lowest BCUT2D eigenvalue weighted by Crippen LogP contribution is -2.28. The summed E-state index contributed by atoms with van der Waals surface area (Å²) < 4.78 is 11.3. The summed E-state index contributed by atoms with van der Waals surface area (Å²) in [6, 6.07) is 1.78. The molecule has 0 aromatic carbocycles. The van der Waals surface area contributed by atoms with Crippen molar-refractivity contribution in [3.05, 3.63) is 24.0 Å². The van der Waals surface area contributed by atoms with Gasteiger partial charge in [0.25, 0.3) is 0 Å². The summed E-state index contributed by atoms with van der Waals surface area (Å²) in [6.45, 7) is 8.69. The van der Waals surface area contributed by atoms with E-state index < -0.39 is 0 Å². The van der Waals surface area contributed by atoms with Gasteiger partial charge in [0.1, 0.15) is 5.75 Å². The zero-order valence-corrected chi connectivity index (χ0v) is 11.7. The van der Waals surface area contributed by atoms with Crippen molar-refractivity contribution >= 4 is 0 Å². The first kappa shape index (κ1) is 14.9. The quantitative estimate of drug-likeness (QED) is 0.810. The number of hydrogen-bond donors (Lipinski definition) is 1. The van der Waals surface area contributed by atoms with Gasteiger partial charge in [-0.25, -0.2) is 0 Å². The van der Waals surface area contributed by atoms with Gasteiger partial charge in [-0.1, -0.05) is 6.92 Å². The Labute approximate surface area is 110 Å². The number of nitrogens with two attached hydrogens (primary N) is 1. The summed E-state index contributed by atoms with van der Waals surface area (Å²) in [5, 5.41) is 0. The molecule has 0 saturated heterocycles. The van der Waals surface area contributed by atoms with Gasteiger partial charge < -0.3 is 15.2 Å². The predicted molar refractivity (Wildman–Crippen MR) is 72.6 cm³/mol. The van der Waals surface area contributed by atoms with Gasteiger partial charge in [0.15, 0.2) is 0 Å². The second kappa shape index (κ2) is 7.34. The van der Waals surface area contributed by atoms with Gasteiger partial charge in [0, 0.05) is 12.8 Å². The van der Waals surface area contributed by atoms with E-state index in [9.17, 15) is 0 Å². The summed E-state index contributed by atoms with van der Waals surface area (Å²) >= 11 is 0. The van der Waals surface area contributed by atoms with Crippen LogP contribution in [0.3, 0.4) is 0 Å². The van der Waals surface area contributed by atoms with Gasteiger partial charge >= 0.3 is 0 Å². The van der Waals surface area contributed by atoms with Crippen molar-refractivity contribution < 1.29 is 9.47 Å². The molecule has 2 unspecified atom stereocenters. The summed E-state index contributed by atoms with van der Waals surface area (Å²) in [7, 11) is 0. The topological polar surface area (TPSA) is 57.4 Å². The highest BCUT2D eigenvalue weighted by Gasteiger charge is 2.18. The Kier molecular flexibility index (Phi) is 6.09. The van der Waals surface area contributed by atoms with Crippen molar-refractivity contribution in [3.8, 4) is 5.75 Å². The molecular weight excluding hydrogens is 228 g/mol. The average molecular weight is 252 g/mol. The van der Waals surface area contributed by atoms with Crippen molar-refractivity contribution in [3.63, 3.8) is 0 Å². The molecule has 102 valence electrons. The lowest BCUT2D eigenvalue weighted by molar-refractivity contribution is 0.0412.